The summed E-state index contributed by atoms with van der Waals surface area (Å²) in [4.78, 5) is 12.0. The maximum absolute atomic E-state index is 12.0. The van der Waals surface area contributed by atoms with Crippen molar-refractivity contribution in [2.45, 2.75) is 30.8 Å². The van der Waals surface area contributed by atoms with Gasteiger partial charge in [0.2, 0.25) is 0 Å². The van der Waals surface area contributed by atoms with Crippen LogP contribution in [-0.4, -0.2) is 49.0 Å². The molecule has 1 aliphatic heterocycles. The largest absolute Gasteiger partial charge is 0.497 e. The molecule has 7 heteroatoms. The van der Waals surface area contributed by atoms with Crippen LogP contribution in [-0.2, 0) is 26.5 Å². The van der Waals surface area contributed by atoms with E-state index in [4.69, 9.17) is 25.8 Å². The third-order valence-corrected chi connectivity index (χ3v) is 5.34. The average molecular weight is 407 g/mol. The molecule has 0 bridgehead atoms. The summed E-state index contributed by atoms with van der Waals surface area (Å²) < 4.78 is 16.5. The average Bonchev–Trinajstić information content (AvgIpc) is 2.72. The molecule has 3 atom stereocenters. The Morgan fingerprint density at radius 3 is 2.54 bits per heavy atom. The second-order valence-corrected chi connectivity index (χ2v) is 7.11. The van der Waals surface area contributed by atoms with E-state index >= 15 is 0 Å². The molecule has 2 aromatic rings. The number of aliphatic hydroxyl groups excluding tert-OH is 2. The van der Waals surface area contributed by atoms with Crippen LogP contribution in [0.2, 0.25) is 5.02 Å². The Morgan fingerprint density at radius 2 is 1.93 bits per heavy atom. The van der Waals surface area contributed by atoms with Gasteiger partial charge in [0.1, 0.15) is 18.0 Å². The summed E-state index contributed by atoms with van der Waals surface area (Å²) in [6, 6.07) is 13.0. The van der Waals surface area contributed by atoms with E-state index in [0.29, 0.717) is 17.0 Å². The third-order valence-electron chi connectivity index (χ3n) is 4.98. The van der Waals surface area contributed by atoms with Gasteiger partial charge in [-0.3, -0.25) is 4.79 Å². The molecule has 1 heterocycles. The summed E-state index contributed by atoms with van der Waals surface area (Å²) >= 11 is 6.39. The van der Waals surface area contributed by atoms with Gasteiger partial charge in [0.25, 0.3) is 0 Å². The van der Waals surface area contributed by atoms with Crippen LogP contribution in [0.4, 0.5) is 0 Å². The van der Waals surface area contributed by atoms with Crippen LogP contribution in [0.5, 0.6) is 5.75 Å². The molecule has 0 amide bonds. The lowest BCUT2D eigenvalue weighted by Gasteiger charge is -2.41. The summed E-state index contributed by atoms with van der Waals surface area (Å²) in [5, 5.41) is 20.2. The van der Waals surface area contributed by atoms with Gasteiger partial charge >= 0.3 is 0 Å². The highest BCUT2D eigenvalue weighted by Gasteiger charge is 2.47. The fourth-order valence-corrected chi connectivity index (χ4v) is 3.56. The highest BCUT2D eigenvalue weighted by atomic mass is 35.5. The van der Waals surface area contributed by atoms with Gasteiger partial charge in [0, 0.05) is 24.1 Å². The minimum Gasteiger partial charge on any atom is -0.497 e. The zero-order chi connectivity index (χ0) is 20.3. The number of hydrogen-bond acceptors (Lipinski definition) is 6. The number of aliphatic hydroxyl groups is 2. The topological polar surface area (TPSA) is 85.2 Å². The molecule has 1 fully saturated rings. The van der Waals surface area contributed by atoms with Crippen molar-refractivity contribution in [1.82, 2.24) is 0 Å². The number of hydrogen-bond donors (Lipinski definition) is 2. The van der Waals surface area contributed by atoms with E-state index in [1.54, 1.807) is 19.2 Å². The molecule has 3 rings (SSSR count). The van der Waals surface area contributed by atoms with Crippen molar-refractivity contribution in [3.8, 4) is 5.75 Å². The van der Waals surface area contributed by atoms with Gasteiger partial charge in [-0.2, -0.15) is 0 Å². The first-order chi connectivity index (χ1) is 13.4. The third kappa shape index (κ3) is 4.06. The Balaban J connectivity index is 1.93. The molecule has 0 aliphatic carbocycles. The molecule has 1 aliphatic rings. The van der Waals surface area contributed by atoms with Gasteiger partial charge in [0.05, 0.1) is 13.7 Å². The second-order valence-electron chi connectivity index (χ2n) is 6.70. The summed E-state index contributed by atoms with van der Waals surface area (Å²) in [5.41, 5.74) is 2.50. The van der Waals surface area contributed by atoms with Crippen molar-refractivity contribution in [3.63, 3.8) is 0 Å². The standard InChI is InChI=1S/C21H23ClO6/c1-26-16-6-3-13(4-7-16)9-14-10-15(5-8-17(14)22)21(27-2)11-18(24)20(25)19(12-23)28-21/h3-8,10,18-19,23-24H,9,11-12H2,1-2H3/t18-,19-,21-/m1/s1. The summed E-state index contributed by atoms with van der Waals surface area (Å²) in [6.07, 6.45) is -1.93. The number of carbonyl (C=O) groups is 1. The smallest absolute Gasteiger partial charge is 0.198 e. The number of ether oxygens (including phenoxy) is 3. The van der Waals surface area contributed by atoms with Crippen molar-refractivity contribution in [2.24, 2.45) is 0 Å². The lowest BCUT2D eigenvalue weighted by Crippen LogP contribution is -2.52. The van der Waals surface area contributed by atoms with E-state index in [-0.39, 0.29) is 6.42 Å². The Labute approximate surface area is 168 Å². The highest BCUT2D eigenvalue weighted by Crippen LogP contribution is 2.39. The SMILES string of the molecule is COc1ccc(Cc2cc([C@@]3(OC)C[C@@H](O)C(=O)[C@@H](CO)O3)ccc2Cl)cc1. The fourth-order valence-electron chi connectivity index (χ4n) is 3.38. The molecule has 0 unspecified atom stereocenters. The maximum atomic E-state index is 12.0. The highest BCUT2D eigenvalue weighted by molar-refractivity contribution is 6.31. The van der Waals surface area contributed by atoms with E-state index in [1.165, 1.54) is 7.11 Å². The molecule has 2 aromatic carbocycles. The number of Topliss-reactive ketones (excluding diaryl/α,β-unsaturated/α-hetero) is 1. The minimum atomic E-state index is -1.35. The number of rotatable bonds is 6. The van der Waals surface area contributed by atoms with E-state index in [1.807, 2.05) is 30.3 Å². The van der Waals surface area contributed by atoms with Crippen molar-refractivity contribution in [2.75, 3.05) is 20.8 Å². The van der Waals surface area contributed by atoms with E-state index in [9.17, 15) is 15.0 Å². The molecule has 28 heavy (non-hydrogen) atoms. The Morgan fingerprint density at radius 1 is 1.21 bits per heavy atom. The van der Waals surface area contributed by atoms with Crippen LogP contribution >= 0.6 is 11.6 Å². The van der Waals surface area contributed by atoms with Gasteiger partial charge in [-0.05, 0) is 41.8 Å². The zero-order valence-corrected chi connectivity index (χ0v) is 16.5. The lowest BCUT2D eigenvalue weighted by atomic mass is 9.90. The molecule has 1 saturated heterocycles. The first-order valence-electron chi connectivity index (χ1n) is 8.90. The zero-order valence-electron chi connectivity index (χ0n) is 15.7. The van der Waals surface area contributed by atoms with Gasteiger partial charge in [-0.1, -0.05) is 29.8 Å². The molecule has 0 radical (unpaired) electrons. The van der Waals surface area contributed by atoms with Crippen molar-refractivity contribution >= 4 is 17.4 Å². The molecule has 0 saturated carbocycles. The summed E-state index contributed by atoms with van der Waals surface area (Å²) in [5.74, 6) is -1.13. The van der Waals surface area contributed by atoms with E-state index in [0.717, 1.165) is 16.9 Å². The molecule has 150 valence electrons. The predicted molar refractivity (Wildman–Crippen MR) is 104 cm³/mol. The molecule has 0 aromatic heterocycles. The van der Waals surface area contributed by atoms with Gasteiger partial charge < -0.3 is 24.4 Å². The van der Waals surface area contributed by atoms with Crippen LogP contribution < -0.4 is 4.74 Å². The van der Waals surface area contributed by atoms with Crippen LogP contribution in [0.3, 0.4) is 0 Å². The van der Waals surface area contributed by atoms with Crippen molar-refractivity contribution in [1.29, 1.82) is 0 Å². The van der Waals surface area contributed by atoms with Crippen molar-refractivity contribution < 1.29 is 29.2 Å². The number of halogens is 1. The molecule has 2 N–H and O–H groups in total. The summed E-state index contributed by atoms with van der Waals surface area (Å²) in [7, 11) is 3.05. The van der Waals surface area contributed by atoms with Crippen molar-refractivity contribution in [3.05, 3.63) is 64.2 Å². The Kier molecular flexibility index (Phi) is 6.37. The van der Waals surface area contributed by atoms with Gasteiger partial charge in [-0.15, -0.1) is 0 Å². The number of methoxy groups -OCH3 is 2. The Bertz CT molecular complexity index is 837. The fraction of sp³-hybridized carbons (Fsp3) is 0.381. The number of ketones is 1. The normalized spacial score (nSPS) is 25.0. The maximum Gasteiger partial charge on any atom is 0.198 e. The first kappa shape index (κ1) is 20.8. The molecule has 0 spiro atoms. The monoisotopic (exact) mass is 406 g/mol. The van der Waals surface area contributed by atoms with E-state index in [2.05, 4.69) is 0 Å². The molecular weight excluding hydrogens is 384 g/mol. The Hall–Kier alpha value is -1.96. The van der Waals surface area contributed by atoms with E-state index < -0.39 is 30.4 Å². The van der Waals surface area contributed by atoms with Gasteiger partial charge in [-0.25, -0.2) is 0 Å². The predicted octanol–water partition coefficient (Wildman–Crippen LogP) is 2.45. The quantitative estimate of drug-likeness (QED) is 0.766. The van der Waals surface area contributed by atoms with Gasteiger partial charge in [0.15, 0.2) is 11.6 Å². The molecule has 6 nitrogen and oxygen atoms in total. The number of carbonyl (C=O) groups excluding carboxylic acids is 1. The lowest BCUT2D eigenvalue weighted by molar-refractivity contribution is -0.284. The summed E-state index contributed by atoms with van der Waals surface area (Å²) in [6.45, 7) is -0.534. The first-order valence-corrected chi connectivity index (χ1v) is 9.27. The van der Waals surface area contributed by atoms with Crippen LogP contribution in [0.15, 0.2) is 42.5 Å². The minimum absolute atomic E-state index is 0.0670. The molecular formula is C21H23ClO6. The van der Waals surface area contributed by atoms with Crippen LogP contribution in [0.25, 0.3) is 0 Å². The number of benzene rings is 2. The second kappa shape index (κ2) is 8.59. The van der Waals surface area contributed by atoms with Crippen LogP contribution in [0, 0.1) is 0 Å². The van der Waals surface area contributed by atoms with Crippen LogP contribution in [0.1, 0.15) is 23.1 Å².